The molecule has 0 bridgehead atoms. The second-order valence-corrected chi connectivity index (χ2v) is 11.1. The third-order valence-corrected chi connectivity index (χ3v) is 8.27. The second kappa shape index (κ2) is 9.67. The summed E-state index contributed by atoms with van der Waals surface area (Å²) < 4.78 is 73.3. The first-order valence-electron chi connectivity index (χ1n) is 10.4. The van der Waals surface area contributed by atoms with Gasteiger partial charge in [0.15, 0.2) is 20.5 Å². The van der Waals surface area contributed by atoms with Crippen LogP contribution in [0.4, 0.5) is 8.78 Å². The zero-order valence-corrected chi connectivity index (χ0v) is 20.0. The first-order chi connectivity index (χ1) is 16.5. The molecule has 7 nitrogen and oxygen atoms in total. The number of carbonyl (C=O) groups excluding carboxylic acids is 1. The molecule has 1 aliphatic heterocycles. The first kappa shape index (κ1) is 25.3. The predicted molar refractivity (Wildman–Crippen MR) is 123 cm³/mol. The molecule has 1 N–H and O–H groups in total. The van der Waals surface area contributed by atoms with E-state index in [0.29, 0.717) is 13.2 Å². The highest BCUT2D eigenvalue weighted by atomic mass is 32.2. The molecular weight excluding hydrogens is 502 g/mol. The smallest absolute Gasteiger partial charge is 0.421 e. The molecule has 35 heavy (non-hydrogen) atoms. The molecule has 11 heteroatoms. The molecule has 4 rings (SSSR count). The number of benzene rings is 3. The highest BCUT2D eigenvalue weighted by molar-refractivity contribution is 7.97. The molecule has 0 radical (unpaired) electrons. The Morgan fingerprint density at radius 1 is 0.943 bits per heavy atom. The fraction of sp³-hybridized carbons (Fsp3) is 0.208. The van der Waals surface area contributed by atoms with Crippen LogP contribution in [0.3, 0.4) is 0 Å². The molecule has 1 fully saturated rings. The molecule has 3 aromatic rings. The summed E-state index contributed by atoms with van der Waals surface area (Å²) in [4.78, 5) is 14.3. The van der Waals surface area contributed by atoms with E-state index >= 15 is 0 Å². The predicted octanol–water partition coefficient (Wildman–Crippen LogP) is 4.39. The van der Waals surface area contributed by atoms with Gasteiger partial charge in [-0.15, -0.1) is 0 Å². The maximum absolute atomic E-state index is 13.5. The molecular formula is C24H21F2O7S2+. The van der Waals surface area contributed by atoms with Crippen molar-refractivity contribution in [3.63, 3.8) is 0 Å². The molecule has 3 aromatic carbocycles. The van der Waals surface area contributed by atoms with E-state index in [4.69, 9.17) is 14.0 Å². The van der Waals surface area contributed by atoms with Gasteiger partial charge in [-0.05, 0) is 49.4 Å². The van der Waals surface area contributed by atoms with Gasteiger partial charge in [-0.1, -0.05) is 30.3 Å². The van der Waals surface area contributed by atoms with E-state index < -0.39 is 38.0 Å². The van der Waals surface area contributed by atoms with E-state index in [9.17, 15) is 22.0 Å². The number of rotatable bonds is 7. The number of ether oxygens (including phenoxy) is 3. The fourth-order valence-electron chi connectivity index (χ4n) is 3.47. The van der Waals surface area contributed by atoms with Crippen LogP contribution in [-0.4, -0.2) is 37.4 Å². The zero-order chi connectivity index (χ0) is 25.3. The summed E-state index contributed by atoms with van der Waals surface area (Å²) in [6.45, 7) is 2.83. The van der Waals surface area contributed by atoms with Gasteiger partial charge in [-0.3, -0.25) is 4.55 Å². The van der Waals surface area contributed by atoms with Crippen LogP contribution < -0.4 is 4.74 Å². The summed E-state index contributed by atoms with van der Waals surface area (Å²) >= 11 is 0. The molecule has 1 atom stereocenters. The van der Waals surface area contributed by atoms with Crippen LogP contribution in [-0.2, 0) is 41.1 Å². The van der Waals surface area contributed by atoms with Gasteiger partial charge in [0, 0.05) is 11.6 Å². The molecule has 1 aliphatic rings. The zero-order valence-electron chi connectivity index (χ0n) is 18.4. The minimum Gasteiger partial charge on any atom is -0.421 e. The van der Waals surface area contributed by atoms with Crippen molar-refractivity contribution in [3.8, 4) is 5.75 Å². The Kier molecular flexibility index (Phi) is 6.98. The Bertz CT molecular complexity index is 1310. The topological polar surface area (TPSA) is 99.1 Å². The van der Waals surface area contributed by atoms with Gasteiger partial charge < -0.3 is 14.2 Å². The van der Waals surface area contributed by atoms with Crippen LogP contribution in [0.5, 0.6) is 5.75 Å². The maximum Gasteiger partial charge on any atom is 0.466 e. The third kappa shape index (κ3) is 5.24. The van der Waals surface area contributed by atoms with Crippen molar-refractivity contribution >= 4 is 27.0 Å². The lowest BCUT2D eigenvalue weighted by Crippen LogP contribution is -2.40. The average molecular weight is 524 g/mol. The van der Waals surface area contributed by atoms with Crippen molar-refractivity contribution in [1.29, 1.82) is 0 Å². The van der Waals surface area contributed by atoms with E-state index in [1.807, 2.05) is 61.5 Å². The van der Waals surface area contributed by atoms with Crippen LogP contribution >= 0.6 is 0 Å². The number of hydrogen-bond donors (Lipinski definition) is 1. The van der Waals surface area contributed by atoms with Gasteiger partial charge in [-0.25, -0.2) is 4.79 Å². The Morgan fingerprint density at radius 3 is 2.11 bits per heavy atom. The monoisotopic (exact) mass is 523 g/mol. The van der Waals surface area contributed by atoms with Crippen LogP contribution in [0.2, 0.25) is 0 Å². The standard InChI is InChI=1S/C24H20F2O7S2/c1-23(31-14-15-32-23)17-6-5-9-21(16-17)34(19-7-3-2-4-8-19)20-12-10-18(11-13-20)33-22(27)24(25,26)35(28,29)30/h2-13,16H,14-15H2,1H3/p+1. The number of hydrogen-bond acceptors (Lipinski definition) is 6. The lowest BCUT2D eigenvalue weighted by Gasteiger charge is -2.23. The number of halogens is 2. The Hall–Kier alpha value is -2.83. The van der Waals surface area contributed by atoms with Crippen molar-refractivity contribution in [2.45, 2.75) is 32.7 Å². The minimum absolute atomic E-state index is 0.298. The number of esters is 1. The Labute approximate surface area is 203 Å². The van der Waals surface area contributed by atoms with Gasteiger partial charge >= 0.3 is 21.3 Å². The van der Waals surface area contributed by atoms with Crippen molar-refractivity contribution in [2.75, 3.05) is 13.2 Å². The van der Waals surface area contributed by atoms with Crippen LogP contribution in [0, 0.1) is 0 Å². The van der Waals surface area contributed by atoms with E-state index in [0.717, 1.165) is 20.2 Å². The molecule has 0 aromatic heterocycles. The Balaban J connectivity index is 1.67. The lowest BCUT2D eigenvalue weighted by molar-refractivity contribution is -0.151. The molecule has 0 amide bonds. The summed E-state index contributed by atoms with van der Waals surface area (Å²) in [5.41, 5.74) is 0.846. The largest absolute Gasteiger partial charge is 0.466 e. The van der Waals surface area contributed by atoms with Gasteiger partial charge in [-0.2, -0.15) is 17.2 Å². The minimum atomic E-state index is -5.96. The quantitative estimate of drug-likeness (QED) is 0.212. The van der Waals surface area contributed by atoms with E-state index in [2.05, 4.69) is 4.74 Å². The van der Waals surface area contributed by atoms with Gasteiger partial charge in [0.25, 0.3) is 0 Å². The van der Waals surface area contributed by atoms with E-state index in [1.165, 1.54) is 12.1 Å². The van der Waals surface area contributed by atoms with Crippen LogP contribution in [0.25, 0.3) is 0 Å². The molecule has 0 aliphatic carbocycles. The fourth-order valence-corrected chi connectivity index (χ4v) is 5.83. The number of carbonyl (C=O) groups is 1. The average Bonchev–Trinajstić information content (AvgIpc) is 3.28. The van der Waals surface area contributed by atoms with Gasteiger partial charge in [0.05, 0.1) is 24.1 Å². The van der Waals surface area contributed by atoms with Crippen molar-refractivity contribution in [2.24, 2.45) is 0 Å². The third-order valence-electron chi connectivity index (χ3n) is 5.24. The van der Waals surface area contributed by atoms with E-state index in [-0.39, 0.29) is 5.75 Å². The molecule has 1 saturated heterocycles. The summed E-state index contributed by atoms with van der Waals surface area (Å²) in [5, 5.41) is -5.08. The summed E-state index contributed by atoms with van der Waals surface area (Å²) in [5.74, 6) is -3.56. The molecule has 1 unspecified atom stereocenters. The molecule has 1 heterocycles. The normalized spacial score (nSPS) is 16.6. The van der Waals surface area contributed by atoms with Crippen molar-refractivity contribution in [1.82, 2.24) is 0 Å². The number of alkyl halides is 2. The molecule has 0 saturated carbocycles. The summed E-state index contributed by atoms with van der Waals surface area (Å²) in [6.07, 6.45) is 0. The first-order valence-corrected chi connectivity index (χ1v) is 13.0. The maximum atomic E-state index is 13.5. The SMILES string of the molecule is CC1(c2cccc([S+](c3ccccc3)c3ccc(OC(=O)C(F)(F)S(=O)(=O)O)cc3)c2)OCCO1. The van der Waals surface area contributed by atoms with Gasteiger partial charge in [0.2, 0.25) is 0 Å². The highest BCUT2D eigenvalue weighted by Crippen LogP contribution is 2.37. The van der Waals surface area contributed by atoms with E-state index in [1.54, 1.807) is 12.1 Å². The van der Waals surface area contributed by atoms with Crippen LogP contribution in [0.1, 0.15) is 12.5 Å². The highest BCUT2D eigenvalue weighted by Gasteiger charge is 2.54. The Morgan fingerprint density at radius 2 is 1.51 bits per heavy atom. The summed E-state index contributed by atoms with van der Waals surface area (Å²) in [7, 11) is -6.59. The van der Waals surface area contributed by atoms with Gasteiger partial charge in [0.1, 0.15) is 5.75 Å². The lowest BCUT2D eigenvalue weighted by atomic mass is 10.1. The second-order valence-electron chi connectivity index (χ2n) is 7.64. The molecule has 0 spiro atoms. The van der Waals surface area contributed by atoms with Crippen LogP contribution in [0.15, 0.2) is 93.5 Å². The summed E-state index contributed by atoms with van der Waals surface area (Å²) in [6, 6.07) is 23.1. The van der Waals surface area contributed by atoms with Crippen molar-refractivity contribution in [3.05, 3.63) is 84.4 Å². The molecule has 184 valence electrons. The van der Waals surface area contributed by atoms with Crippen molar-refractivity contribution < 1.29 is 40.8 Å².